The van der Waals surface area contributed by atoms with Crippen LogP contribution in [0, 0.1) is 13.8 Å². The van der Waals surface area contributed by atoms with Crippen molar-refractivity contribution >= 4 is 23.4 Å². The molecular formula is C20H23N5OS. The van der Waals surface area contributed by atoms with Crippen LogP contribution in [0.15, 0.2) is 53.7 Å². The molecule has 140 valence electrons. The molecule has 0 aliphatic carbocycles. The van der Waals surface area contributed by atoms with E-state index in [-0.39, 0.29) is 11.2 Å². The van der Waals surface area contributed by atoms with Crippen LogP contribution in [-0.4, -0.2) is 37.9 Å². The number of amides is 1. The minimum Gasteiger partial charge on any atom is -0.312 e. The van der Waals surface area contributed by atoms with Gasteiger partial charge in [0.2, 0.25) is 11.1 Å². The molecule has 3 rings (SSSR count). The highest BCUT2D eigenvalue weighted by molar-refractivity contribution is 8.00. The van der Waals surface area contributed by atoms with Crippen molar-refractivity contribution in [3.63, 3.8) is 0 Å². The minimum atomic E-state index is -0.318. The molecule has 0 bridgehead atoms. The van der Waals surface area contributed by atoms with Crippen molar-refractivity contribution in [2.45, 2.75) is 38.1 Å². The Morgan fingerprint density at radius 1 is 1.15 bits per heavy atom. The second-order valence-corrected chi connectivity index (χ2v) is 7.63. The molecule has 1 aromatic heterocycles. The van der Waals surface area contributed by atoms with Gasteiger partial charge in [-0.3, -0.25) is 4.79 Å². The maximum absolute atomic E-state index is 13.0. The normalized spacial score (nSPS) is 12.0. The summed E-state index contributed by atoms with van der Waals surface area (Å²) in [6.07, 6.45) is 0. The number of anilines is 1. The van der Waals surface area contributed by atoms with Gasteiger partial charge in [0.25, 0.3) is 0 Å². The largest absolute Gasteiger partial charge is 0.312 e. The van der Waals surface area contributed by atoms with Gasteiger partial charge in [0, 0.05) is 12.2 Å². The van der Waals surface area contributed by atoms with E-state index in [9.17, 15) is 4.79 Å². The van der Waals surface area contributed by atoms with E-state index in [1.165, 1.54) is 22.9 Å². The van der Waals surface area contributed by atoms with Gasteiger partial charge in [-0.25, -0.2) is 0 Å². The van der Waals surface area contributed by atoms with Gasteiger partial charge in [-0.05, 0) is 73.5 Å². The van der Waals surface area contributed by atoms with Crippen LogP contribution in [0.1, 0.15) is 25.0 Å². The van der Waals surface area contributed by atoms with E-state index in [4.69, 9.17) is 0 Å². The number of thioether (sulfide) groups is 1. The predicted octanol–water partition coefficient (Wildman–Crippen LogP) is 3.81. The first-order valence-corrected chi connectivity index (χ1v) is 9.78. The van der Waals surface area contributed by atoms with Gasteiger partial charge in [0.05, 0.1) is 10.9 Å². The van der Waals surface area contributed by atoms with E-state index in [2.05, 4.69) is 29.4 Å². The lowest BCUT2D eigenvalue weighted by molar-refractivity contribution is -0.117. The summed E-state index contributed by atoms with van der Waals surface area (Å²) < 4.78 is 1.68. The Morgan fingerprint density at radius 3 is 2.56 bits per heavy atom. The molecule has 3 aromatic rings. The summed E-state index contributed by atoms with van der Waals surface area (Å²) >= 11 is 1.36. The molecular weight excluding hydrogens is 358 g/mol. The molecule has 0 N–H and O–H groups in total. The fourth-order valence-electron chi connectivity index (χ4n) is 2.77. The monoisotopic (exact) mass is 381 g/mol. The van der Waals surface area contributed by atoms with Crippen LogP contribution < -0.4 is 4.90 Å². The Morgan fingerprint density at radius 2 is 1.89 bits per heavy atom. The summed E-state index contributed by atoms with van der Waals surface area (Å²) in [5, 5.41) is 12.3. The number of tetrazole rings is 1. The summed E-state index contributed by atoms with van der Waals surface area (Å²) in [6.45, 7) is 8.59. The molecule has 2 aromatic carbocycles. The van der Waals surface area contributed by atoms with Crippen LogP contribution >= 0.6 is 11.8 Å². The van der Waals surface area contributed by atoms with Crippen LogP contribution in [0.2, 0.25) is 0 Å². The highest BCUT2D eigenvalue weighted by Crippen LogP contribution is 2.26. The summed E-state index contributed by atoms with van der Waals surface area (Å²) in [4.78, 5) is 14.8. The smallest absolute Gasteiger partial charge is 0.240 e. The SMILES string of the molecule is CCN(C(=O)[C@@H](C)Sc1nnnn1-c1ccc(C)c(C)c1)c1ccccc1. The Hall–Kier alpha value is -2.67. The predicted molar refractivity (Wildman–Crippen MR) is 108 cm³/mol. The van der Waals surface area contributed by atoms with E-state index >= 15 is 0 Å². The number of aromatic nitrogens is 4. The van der Waals surface area contributed by atoms with Gasteiger partial charge < -0.3 is 4.90 Å². The molecule has 6 nitrogen and oxygen atoms in total. The van der Waals surface area contributed by atoms with Gasteiger partial charge in [-0.15, -0.1) is 5.10 Å². The third-order valence-corrected chi connectivity index (χ3v) is 5.48. The molecule has 7 heteroatoms. The molecule has 0 unspecified atom stereocenters. The maximum Gasteiger partial charge on any atom is 0.240 e. The molecule has 0 saturated carbocycles. The molecule has 1 amide bonds. The summed E-state index contributed by atoms with van der Waals surface area (Å²) in [7, 11) is 0. The molecule has 0 aliphatic heterocycles. The number of hydrogen-bond acceptors (Lipinski definition) is 5. The Bertz CT molecular complexity index is 925. The van der Waals surface area contributed by atoms with E-state index in [1.54, 1.807) is 9.58 Å². The van der Waals surface area contributed by atoms with Crippen LogP contribution in [0.3, 0.4) is 0 Å². The van der Waals surface area contributed by atoms with Crippen molar-refractivity contribution in [1.82, 2.24) is 20.2 Å². The lowest BCUT2D eigenvalue weighted by Crippen LogP contribution is -2.36. The van der Waals surface area contributed by atoms with Crippen LogP contribution in [0.4, 0.5) is 5.69 Å². The Balaban J connectivity index is 1.80. The molecule has 0 spiro atoms. The zero-order chi connectivity index (χ0) is 19.4. The maximum atomic E-state index is 13.0. The molecule has 27 heavy (non-hydrogen) atoms. The second kappa shape index (κ2) is 8.35. The quantitative estimate of drug-likeness (QED) is 0.608. The van der Waals surface area contributed by atoms with Crippen LogP contribution in [0.25, 0.3) is 5.69 Å². The van der Waals surface area contributed by atoms with Crippen molar-refractivity contribution in [3.05, 3.63) is 59.7 Å². The van der Waals surface area contributed by atoms with Crippen molar-refractivity contribution in [1.29, 1.82) is 0 Å². The topological polar surface area (TPSA) is 63.9 Å². The van der Waals surface area contributed by atoms with Crippen LogP contribution in [-0.2, 0) is 4.79 Å². The number of carbonyl (C=O) groups is 1. The molecule has 0 saturated heterocycles. The number of aryl methyl sites for hydroxylation is 2. The first-order chi connectivity index (χ1) is 13.0. The van der Waals surface area contributed by atoms with E-state index in [1.807, 2.05) is 62.4 Å². The van der Waals surface area contributed by atoms with Crippen LogP contribution in [0.5, 0.6) is 0 Å². The molecule has 0 aliphatic rings. The Labute approximate surface area is 163 Å². The summed E-state index contributed by atoms with van der Waals surface area (Å²) in [6, 6.07) is 15.8. The number of rotatable bonds is 6. The highest BCUT2D eigenvalue weighted by atomic mass is 32.2. The highest BCUT2D eigenvalue weighted by Gasteiger charge is 2.24. The third-order valence-electron chi connectivity index (χ3n) is 4.46. The minimum absolute atomic E-state index is 0.0309. The van der Waals surface area contributed by atoms with Gasteiger partial charge in [0.1, 0.15) is 0 Å². The number of benzene rings is 2. The van der Waals surface area contributed by atoms with E-state index < -0.39 is 0 Å². The number of nitrogens with zero attached hydrogens (tertiary/aromatic N) is 5. The van der Waals surface area contributed by atoms with Gasteiger partial charge in [0.15, 0.2) is 0 Å². The van der Waals surface area contributed by atoms with Crippen molar-refractivity contribution in [2.75, 3.05) is 11.4 Å². The number of hydrogen-bond donors (Lipinski definition) is 0. The summed E-state index contributed by atoms with van der Waals surface area (Å²) in [5.74, 6) is 0.0309. The third kappa shape index (κ3) is 4.19. The summed E-state index contributed by atoms with van der Waals surface area (Å²) in [5.41, 5.74) is 4.17. The number of carbonyl (C=O) groups excluding carboxylic acids is 1. The first kappa shape index (κ1) is 19.1. The lowest BCUT2D eigenvalue weighted by Gasteiger charge is -2.24. The van der Waals surface area contributed by atoms with E-state index in [0.717, 1.165) is 11.4 Å². The van der Waals surface area contributed by atoms with Gasteiger partial charge >= 0.3 is 0 Å². The molecule has 0 fully saturated rings. The second-order valence-electron chi connectivity index (χ2n) is 6.32. The van der Waals surface area contributed by atoms with Crippen molar-refractivity contribution in [2.24, 2.45) is 0 Å². The first-order valence-electron chi connectivity index (χ1n) is 8.90. The fraction of sp³-hybridized carbons (Fsp3) is 0.300. The standard InChI is InChI=1S/C20H23N5OS/c1-5-24(17-9-7-6-8-10-17)19(26)16(4)27-20-21-22-23-25(20)18-12-11-14(2)15(3)13-18/h6-13,16H,5H2,1-4H3/t16-/m1/s1. The van der Waals surface area contributed by atoms with Crippen molar-refractivity contribution < 1.29 is 4.79 Å². The Kier molecular flexibility index (Phi) is 5.91. The molecule has 1 heterocycles. The zero-order valence-electron chi connectivity index (χ0n) is 16.0. The fourth-order valence-corrected chi connectivity index (χ4v) is 3.64. The number of para-hydroxylation sites is 1. The average molecular weight is 382 g/mol. The molecule has 0 radical (unpaired) electrons. The molecule has 1 atom stereocenters. The van der Waals surface area contributed by atoms with Crippen molar-refractivity contribution in [3.8, 4) is 5.69 Å². The average Bonchev–Trinajstić information content (AvgIpc) is 3.13. The van der Waals surface area contributed by atoms with Gasteiger partial charge in [-0.2, -0.15) is 4.68 Å². The van der Waals surface area contributed by atoms with E-state index in [0.29, 0.717) is 11.7 Å². The lowest BCUT2D eigenvalue weighted by atomic mass is 10.1. The van der Waals surface area contributed by atoms with Gasteiger partial charge in [-0.1, -0.05) is 36.0 Å². The zero-order valence-corrected chi connectivity index (χ0v) is 16.8.